The average molecular weight is 587 g/mol. The number of carbonyl (C=O) groups is 3. The molecule has 1 unspecified atom stereocenters. The molecule has 9 heteroatoms. The fraction of sp³-hybridized carbons (Fsp3) is 0.143. The van der Waals surface area contributed by atoms with Crippen molar-refractivity contribution in [2.24, 2.45) is 5.73 Å². The Balaban J connectivity index is 1.61. The number of hydrogen-bond acceptors (Lipinski definition) is 8. The number of nitrogens with two attached hydrogens (primary N) is 1. The molecule has 0 radical (unpaired) electrons. The first-order valence-electron chi connectivity index (χ1n) is 13.9. The predicted octanol–water partition coefficient (Wildman–Crippen LogP) is 5.40. The third-order valence-corrected chi connectivity index (χ3v) is 7.60. The van der Waals surface area contributed by atoms with E-state index in [1.165, 1.54) is 19.1 Å². The van der Waals surface area contributed by atoms with Crippen LogP contribution in [0.25, 0.3) is 10.8 Å². The predicted molar refractivity (Wildman–Crippen MR) is 167 cm³/mol. The van der Waals surface area contributed by atoms with Crippen LogP contribution in [0.1, 0.15) is 28.8 Å². The lowest BCUT2D eigenvalue weighted by molar-refractivity contribution is -0.139. The third-order valence-electron chi connectivity index (χ3n) is 7.60. The molecule has 0 aromatic heterocycles. The molecule has 0 spiro atoms. The molecule has 2 N–H and O–H groups in total. The Morgan fingerprint density at radius 3 is 2.14 bits per heavy atom. The van der Waals surface area contributed by atoms with Gasteiger partial charge >= 0.3 is 11.9 Å². The van der Waals surface area contributed by atoms with Crippen molar-refractivity contribution in [3.05, 3.63) is 131 Å². The van der Waals surface area contributed by atoms with E-state index in [0.29, 0.717) is 23.4 Å². The SMILES string of the molecule is CCN(C(=O)c1ccc(N2C(N)=C(C#N)C(c3ccccc3)C(C(=O)OC)=C2C(=O)OC)cc1)c1cccc2ccccc12. The van der Waals surface area contributed by atoms with E-state index < -0.39 is 17.9 Å². The zero-order chi connectivity index (χ0) is 31.4. The topological polar surface area (TPSA) is 126 Å². The molecule has 0 bridgehead atoms. The van der Waals surface area contributed by atoms with Crippen molar-refractivity contribution in [2.45, 2.75) is 12.8 Å². The molecule has 4 aromatic rings. The number of methoxy groups -OCH3 is 2. The van der Waals surface area contributed by atoms with Gasteiger partial charge in [-0.05, 0) is 48.2 Å². The second-order valence-corrected chi connectivity index (χ2v) is 9.93. The molecule has 0 fully saturated rings. The molecular weight excluding hydrogens is 556 g/mol. The summed E-state index contributed by atoms with van der Waals surface area (Å²) in [5, 5.41) is 12.2. The number of esters is 2. The molecule has 0 saturated heterocycles. The first-order valence-corrected chi connectivity index (χ1v) is 13.9. The maximum atomic E-state index is 13.8. The van der Waals surface area contributed by atoms with Crippen LogP contribution in [0.4, 0.5) is 11.4 Å². The van der Waals surface area contributed by atoms with Crippen molar-refractivity contribution in [3.63, 3.8) is 0 Å². The van der Waals surface area contributed by atoms with Crippen molar-refractivity contribution in [1.29, 1.82) is 5.26 Å². The number of rotatable bonds is 7. The van der Waals surface area contributed by atoms with E-state index in [0.717, 1.165) is 16.5 Å². The summed E-state index contributed by atoms with van der Waals surface area (Å²) in [4.78, 5) is 43.3. The molecule has 1 aliphatic heterocycles. The summed E-state index contributed by atoms with van der Waals surface area (Å²) in [6, 6.07) is 31.0. The van der Waals surface area contributed by atoms with Gasteiger partial charge in [-0.15, -0.1) is 0 Å². The van der Waals surface area contributed by atoms with Gasteiger partial charge in [0.1, 0.15) is 11.5 Å². The second-order valence-electron chi connectivity index (χ2n) is 9.93. The smallest absolute Gasteiger partial charge is 0.355 e. The highest BCUT2D eigenvalue weighted by atomic mass is 16.5. The first kappa shape index (κ1) is 29.6. The van der Waals surface area contributed by atoms with E-state index in [4.69, 9.17) is 15.2 Å². The lowest BCUT2D eigenvalue weighted by Gasteiger charge is -2.36. The van der Waals surface area contributed by atoms with Gasteiger partial charge in [0, 0.05) is 23.2 Å². The number of ether oxygens (including phenoxy) is 2. The van der Waals surface area contributed by atoms with Gasteiger partial charge in [0.2, 0.25) is 0 Å². The van der Waals surface area contributed by atoms with E-state index in [1.54, 1.807) is 59.5 Å². The lowest BCUT2D eigenvalue weighted by atomic mass is 9.81. The first-order chi connectivity index (χ1) is 21.4. The van der Waals surface area contributed by atoms with E-state index in [2.05, 4.69) is 6.07 Å². The van der Waals surface area contributed by atoms with Crippen LogP contribution < -0.4 is 15.5 Å². The molecule has 1 aliphatic rings. The van der Waals surface area contributed by atoms with Crippen LogP contribution in [0.5, 0.6) is 0 Å². The van der Waals surface area contributed by atoms with Crippen molar-refractivity contribution in [2.75, 3.05) is 30.6 Å². The van der Waals surface area contributed by atoms with Crippen LogP contribution in [0.2, 0.25) is 0 Å². The Bertz CT molecular complexity index is 1850. The van der Waals surface area contributed by atoms with Crippen LogP contribution in [0.15, 0.2) is 120 Å². The standard InChI is InChI=1S/C35H30N4O5/c1-4-38(28-16-10-14-22-11-8-9-15-26(22)28)33(40)24-17-19-25(20-18-24)39-31(35(42)44-3)30(34(41)43-2)29(27(21-36)32(39)37)23-12-6-5-7-13-23/h5-20,29H,4,37H2,1-3H3. The van der Waals surface area contributed by atoms with Gasteiger partial charge in [-0.1, -0.05) is 66.7 Å². The lowest BCUT2D eigenvalue weighted by Crippen LogP contribution is -2.40. The number of allylic oxidation sites excluding steroid dienone is 1. The number of amides is 1. The minimum Gasteiger partial charge on any atom is -0.466 e. The number of carbonyl (C=O) groups excluding carboxylic acids is 3. The van der Waals surface area contributed by atoms with E-state index in [1.807, 2.05) is 49.4 Å². The summed E-state index contributed by atoms with van der Waals surface area (Å²) in [6.45, 7) is 2.34. The molecule has 0 saturated carbocycles. The van der Waals surface area contributed by atoms with Crippen molar-refractivity contribution >= 4 is 40.0 Å². The van der Waals surface area contributed by atoms with Crippen LogP contribution in [0, 0.1) is 11.3 Å². The Morgan fingerprint density at radius 1 is 0.864 bits per heavy atom. The van der Waals surface area contributed by atoms with Gasteiger partial charge in [-0.25, -0.2) is 9.59 Å². The van der Waals surface area contributed by atoms with Crippen molar-refractivity contribution < 1.29 is 23.9 Å². The number of nitrogens with zero attached hydrogens (tertiary/aromatic N) is 3. The van der Waals surface area contributed by atoms with Gasteiger partial charge in [0.25, 0.3) is 5.91 Å². The minimum absolute atomic E-state index is 0.0533. The summed E-state index contributed by atoms with van der Waals surface area (Å²) in [5.41, 5.74) is 8.45. The monoisotopic (exact) mass is 586 g/mol. The van der Waals surface area contributed by atoms with E-state index in [9.17, 15) is 19.6 Å². The Hall–Kier alpha value is -5.88. The fourth-order valence-electron chi connectivity index (χ4n) is 5.56. The van der Waals surface area contributed by atoms with Crippen molar-refractivity contribution in [3.8, 4) is 6.07 Å². The highest BCUT2D eigenvalue weighted by Crippen LogP contribution is 2.43. The van der Waals surface area contributed by atoms with Crippen LogP contribution >= 0.6 is 0 Å². The summed E-state index contributed by atoms with van der Waals surface area (Å²) >= 11 is 0. The molecule has 4 aromatic carbocycles. The van der Waals surface area contributed by atoms with E-state index >= 15 is 0 Å². The Labute approximate surface area is 255 Å². The number of anilines is 2. The summed E-state index contributed by atoms with van der Waals surface area (Å²) < 4.78 is 10.2. The molecule has 5 rings (SSSR count). The second kappa shape index (κ2) is 12.5. The van der Waals surface area contributed by atoms with E-state index in [-0.39, 0.29) is 28.6 Å². The highest BCUT2D eigenvalue weighted by Gasteiger charge is 2.43. The van der Waals surface area contributed by atoms with Gasteiger partial charge < -0.3 is 20.1 Å². The number of hydrogen-bond donors (Lipinski definition) is 1. The zero-order valence-corrected chi connectivity index (χ0v) is 24.5. The van der Waals surface area contributed by atoms with Crippen LogP contribution in [-0.4, -0.2) is 38.6 Å². The molecule has 1 heterocycles. The molecule has 1 atom stereocenters. The third kappa shape index (κ3) is 5.14. The largest absolute Gasteiger partial charge is 0.466 e. The molecule has 44 heavy (non-hydrogen) atoms. The number of fused-ring (bicyclic) bond motifs is 1. The molecule has 0 aliphatic carbocycles. The zero-order valence-electron chi connectivity index (χ0n) is 24.5. The number of nitriles is 1. The quantitative estimate of drug-likeness (QED) is 0.285. The normalized spacial score (nSPS) is 14.7. The summed E-state index contributed by atoms with van der Waals surface area (Å²) in [6.07, 6.45) is 0. The Morgan fingerprint density at radius 2 is 1.50 bits per heavy atom. The highest BCUT2D eigenvalue weighted by molar-refractivity contribution is 6.11. The Kier molecular flexibility index (Phi) is 8.44. The summed E-state index contributed by atoms with van der Waals surface area (Å²) in [7, 11) is 2.38. The van der Waals surface area contributed by atoms with Crippen LogP contribution in [0.3, 0.4) is 0 Å². The van der Waals surface area contributed by atoms with Gasteiger partial charge in [-0.2, -0.15) is 5.26 Å². The average Bonchev–Trinajstić information content (AvgIpc) is 3.07. The molecular formula is C35H30N4O5. The molecule has 1 amide bonds. The van der Waals surface area contributed by atoms with Gasteiger partial charge in [0.15, 0.2) is 0 Å². The summed E-state index contributed by atoms with van der Waals surface area (Å²) in [5.74, 6) is -2.92. The fourth-order valence-corrected chi connectivity index (χ4v) is 5.56. The maximum Gasteiger partial charge on any atom is 0.355 e. The number of benzene rings is 4. The van der Waals surface area contributed by atoms with Crippen molar-refractivity contribution in [1.82, 2.24) is 0 Å². The van der Waals surface area contributed by atoms with Gasteiger partial charge in [-0.3, -0.25) is 9.69 Å². The molecule has 220 valence electrons. The minimum atomic E-state index is -0.973. The van der Waals surface area contributed by atoms with Crippen LogP contribution in [-0.2, 0) is 19.1 Å². The van der Waals surface area contributed by atoms with Gasteiger partial charge in [0.05, 0.1) is 43.0 Å². The maximum absolute atomic E-state index is 13.8. The molecule has 9 nitrogen and oxygen atoms in total.